The number of carbonyl (C=O) groups is 3. The van der Waals surface area contributed by atoms with Crippen LogP contribution in [0.25, 0.3) is 10.2 Å². The number of benzene rings is 2. The number of hydrazone groups is 1. The number of thiazole rings is 1. The molecule has 1 unspecified atom stereocenters. The molecule has 8 nitrogen and oxygen atoms in total. The van der Waals surface area contributed by atoms with E-state index in [1.165, 1.54) is 29.5 Å². The zero-order valence-corrected chi connectivity index (χ0v) is 18.5. The summed E-state index contributed by atoms with van der Waals surface area (Å²) in [7, 11) is 0. The summed E-state index contributed by atoms with van der Waals surface area (Å²) in [4.78, 5) is 44.5. The zero-order chi connectivity index (χ0) is 22.3. The van der Waals surface area contributed by atoms with E-state index in [-0.39, 0.29) is 26.5 Å². The summed E-state index contributed by atoms with van der Waals surface area (Å²) in [5.74, 6) is -4.13. The van der Waals surface area contributed by atoms with E-state index in [4.69, 9.17) is 41.2 Å². The minimum absolute atomic E-state index is 0.000177. The summed E-state index contributed by atoms with van der Waals surface area (Å²) in [6.45, 7) is 0. The highest BCUT2D eigenvalue weighted by Crippen LogP contribution is 2.36. The third-order valence-electron chi connectivity index (χ3n) is 4.37. The van der Waals surface area contributed by atoms with Crippen LogP contribution in [-0.4, -0.2) is 33.4 Å². The Bertz CT molecular complexity index is 1270. The Morgan fingerprint density at radius 1 is 1.16 bits per heavy atom. The molecule has 1 aliphatic heterocycles. The minimum atomic E-state index is -1.32. The number of nitrogens with two attached hydrogens (primary N) is 1. The Kier molecular flexibility index (Phi) is 5.71. The van der Waals surface area contributed by atoms with Crippen LogP contribution < -0.4 is 16.1 Å². The van der Waals surface area contributed by atoms with Crippen LogP contribution >= 0.6 is 46.8 Å². The predicted octanol–water partition coefficient (Wildman–Crippen LogP) is 3.02. The van der Waals surface area contributed by atoms with Gasteiger partial charge in [-0.05, 0) is 42.5 Å². The molecule has 3 N–H and O–H groups in total. The second-order valence-corrected chi connectivity index (χ2v) is 8.68. The largest absolute Gasteiger partial charge is 0.375 e. The van der Waals surface area contributed by atoms with Gasteiger partial charge < -0.3 is 5.73 Å². The molecule has 0 bridgehead atoms. The fraction of sp³-hybridized carbons (Fsp3) is 0.0526. The second kappa shape index (κ2) is 8.31. The minimum Gasteiger partial charge on any atom is -0.375 e. The summed E-state index contributed by atoms with van der Waals surface area (Å²) >= 11 is 18.0. The van der Waals surface area contributed by atoms with Gasteiger partial charge in [0.25, 0.3) is 5.91 Å². The number of para-hydroxylation sites is 1. The number of Topliss-reactive ketones (excluding diaryl/α,β-unsaturated/α-hetero) is 1. The molecule has 2 heterocycles. The highest BCUT2D eigenvalue weighted by molar-refractivity contribution is 7.80. The number of amides is 2. The third-order valence-corrected chi connectivity index (χ3v) is 6.10. The fourth-order valence-electron chi connectivity index (χ4n) is 3.04. The van der Waals surface area contributed by atoms with Gasteiger partial charge in [0.15, 0.2) is 5.11 Å². The standard InChI is InChI=1S/C19H11Cl2N5O3S2/c20-8-5-6-11(9(21)7-8)26-17(28)14(24-25-19(22)30)13(15(27)18(26)29)16-23-10-3-1-2-4-12(10)31-16/h1-7,13H,(H3,22,25,30). The number of imide groups is 1. The van der Waals surface area contributed by atoms with E-state index in [0.29, 0.717) is 15.4 Å². The second-order valence-electron chi connectivity index (χ2n) is 6.33. The average molecular weight is 492 g/mol. The molecule has 31 heavy (non-hydrogen) atoms. The molecule has 1 atom stereocenters. The Balaban J connectivity index is 1.86. The van der Waals surface area contributed by atoms with Gasteiger partial charge >= 0.3 is 5.91 Å². The first kappa shape index (κ1) is 21.3. The van der Waals surface area contributed by atoms with Gasteiger partial charge in [-0.3, -0.25) is 19.8 Å². The van der Waals surface area contributed by atoms with Gasteiger partial charge in [0.2, 0.25) is 5.78 Å². The molecule has 2 aromatic carbocycles. The lowest BCUT2D eigenvalue weighted by Gasteiger charge is -2.29. The lowest BCUT2D eigenvalue weighted by atomic mass is 9.92. The van der Waals surface area contributed by atoms with Crippen molar-refractivity contribution in [1.82, 2.24) is 10.4 Å². The van der Waals surface area contributed by atoms with Crippen LogP contribution in [0.4, 0.5) is 5.69 Å². The van der Waals surface area contributed by atoms with Crippen LogP contribution in [0.5, 0.6) is 0 Å². The van der Waals surface area contributed by atoms with E-state index >= 15 is 0 Å². The van der Waals surface area contributed by atoms with Crippen molar-refractivity contribution >= 4 is 91.1 Å². The first-order valence-corrected chi connectivity index (χ1v) is 10.6. The Hall–Kier alpha value is -2.92. The van der Waals surface area contributed by atoms with Crippen molar-refractivity contribution in [2.45, 2.75) is 5.92 Å². The first-order chi connectivity index (χ1) is 14.8. The molecular weight excluding hydrogens is 481 g/mol. The highest BCUT2D eigenvalue weighted by atomic mass is 35.5. The fourth-order valence-corrected chi connectivity index (χ4v) is 4.65. The maximum absolute atomic E-state index is 13.3. The maximum atomic E-state index is 13.3. The van der Waals surface area contributed by atoms with Gasteiger partial charge in [-0.1, -0.05) is 35.3 Å². The number of hydrogen-bond donors (Lipinski definition) is 2. The van der Waals surface area contributed by atoms with E-state index in [2.05, 4.69) is 15.5 Å². The number of thiocarbonyl (C=S) groups is 1. The molecule has 156 valence electrons. The summed E-state index contributed by atoms with van der Waals surface area (Å²) < 4.78 is 0.787. The quantitative estimate of drug-likeness (QED) is 0.250. The molecule has 3 aromatic rings. The maximum Gasteiger partial charge on any atom is 0.302 e. The third kappa shape index (κ3) is 3.90. The number of hydrogen-bond acceptors (Lipinski definition) is 7. The number of anilines is 1. The van der Waals surface area contributed by atoms with Crippen LogP contribution in [0, 0.1) is 0 Å². The number of aromatic nitrogens is 1. The molecule has 0 saturated carbocycles. The number of fused-ring (bicyclic) bond motifs is 1. The smallest absolute Gasteiger partial charge is 0.302 e. The molecular formula is C19H11Cl2N5O3S2. The predicted molar refractivity (Wildman–Crippen MR) is 124 cm³/mol. The molecule has 1 aromatic heterocycles. The van der Waals surface area contributed by atoms with E-state index in [0.717, 1.165) is 4.70 Å². The van der Waals surface area contributed by atoms with Gasteiger partial charge in [-0.2, -0.15) is 5.10 Å². The molecule has 4 rings (SSSR count). The van der Waals surface area contributed by atoms with Gasteiger partial charge in [0.1, 0.15) is 16.6 Å². The van der Waals surface area contributed by atoms with Gasteiger partial charge in [0, 0.05) is 5.02 Å². The van der Waals surface area contributed by atoms with E-state index in [9.17, 15) is 14.4 Å². The molecule has 0 spiro atoms. The van der Waals surface area contributed by atoms with Gasteiger partial charge in [-0.15, -0.1) is 11.3 Å². The lowest BCUT2D eigenvalue weighted by Crippen LogP contribution is -2.55. The normalized spacial score (nSPS) is 18.1. The molecule has 12 heteroatoms. The van der Waals surface area contributed by atoms with Crippen molar-refractivity contribution < 1.29 is 14.4 Å². The van der Waals surface area contributed by atoms with Crippen molar-refractivity contribution in [3.63, 3.8) is 0 Å². The molecule has 1 fully saturated rings. The SMILES string of the molecule is NC(=S)NN=C1C(=O)N(c2ccc(Cl)cc2Cl)C(=O)C(=O)C1c1nc2ccccc2s1. The van der Waals surface area contributed by atoms with Crippen molar-refractivity contribution in [2.75, 3.05) is 4.90 Å². The monoisotopic (exact) mass is 491 g/mol. The van der Waals surface area contributed by atoms with Crippen LogP contribution in [0.15, 0.2) is 47.6 Å². The van der Waals surface area contributed by atoms with Crippen LogP contribution in [0.2, 0.25) is 10.0 Å². The summed E-state index contributed by atoms with van der Waals surface area (Å²) in [6, 6.07) is 11.3. The first-order valence-electron chi connectivity index (χ1n) is 8.64. The topological polar surface area (TPSA) is 118 Å². The van der Waals surface area contributed by atoms with Crippen molar-refractivity contribution in [2.24, 2.45) is 10.8 Å². The Morgan fingerprint density at radius 2 is 1.90 bits per heavy atom. The Labute approximate surface area is 194 Å². The number of halogens is 2. The number of nitrogens with zero attached hydrogens (tertiary/aromatic N) is 3. The molecule has 0 radical (unpaired) electrons. The zero-order valence-electron chi connectivity index (χ0n) is 15.3. The van der Waals surface area contributed by atoms with Crippen molar-refractivity contribution in [3.8, 4) is 0 Å². The van der Waals surface area contributed by atoms with Crippen LogP contribution in [-0.2, 0) is 14.4 Å². The van der Waals surface area contributed by atoms with Gasteiger partial charge in [-0.25, -0.2) is 9.88 Å². The van der Waals surface area contributed by atoms with E-state index in [1.54, 1.807) is 12.1 Å². The van der Waals surface area contributed by atoms with Crippen molar-refractivity contribution in [1.29, 1.82) is 0 Å². The summed E-state index contributed by atoms with van der Waals surface area (Å²) in [5.41, 5.74) is 8.09. The number of piperidine rings is 1. The van der Waals surface area contributed by atoms with Crippen molar-refractivity contribution in [3.05, 3.63) is 57.5 Å². The molecule has 1 aliphatic rings. The Morgan fingerprint density at radius 3 is 2.58 bits per heavy atom. The molecule has 1 saturated heterocycles. The number of nitrogens with one attached hydrogen (secondary N) is 1. The summed E-state index contributed by atoms with van der Waals surface area (Å²) in [6.07, 6.45) is 0. The number of ketones is 1. The lowest BCUT2D eigenvalue weighted by molar-refractivity contribution is -0.139. The van der Waals surface area contributed by atoms with E-state index < -0.39 is 23.5 Å². The summed E-state index contributed by atoms with van der Waals surface area (Å²) in [5, 5.41) is 4.28. The average Bonchev–Trinajstić information content (AvgIpc) is 3.14. The molecule has 0 aliphatic carbocycles. The van der Waals surface area contributed by atoms with Gasteiger partial charge in [0.05, 0.1) is 20.9 Å². The molecule has 2 amide bonds. The number of carbonyl (C=O) groups excluding carboxylic acids is 3. The highest BCUT2D eigenvalue weighted by Gasteiger charge is 2.49. The van der Waals surface area contributed by atoms with E-state index in [1.807, 2.05) is 12.1 Å². The van der Waals surface area contributed by atoms with Crippen LogP contribution in [0.3, 0.4) is 0 Å². The number of rotatable bonds is 3. The van der Waals surface area contributed by atoms with Crippen LogP contribution in [0.1, 0.15) is 10.9 Å².